The Morgan fingerprint density at radius 1 is 1.22 bits per heavy atom. The fraction of sp³-hybridized carbons (Fsp3) is 0.0556. The maximum atomic E-state index is 13.9. The van der Waals surface area contributed by atoms with Crippen LogP contribution in [0.25, 0.3) is 21.5 Å². The van der Waals surface area contributed by atoms with E-state index in [-0.39, 0.29) is 23.4 Å². The van der Waals surface area contributed by atoms with Crippen LogP contribution in [-0.4, -0.2) is 19.5 Å². The lowest BCUT2D eigenvalue weighted by Gasteiger charge is -2.05. The van der Waals surface area contributed by atoms with Gasteiger partial charge in [-0.25, -0.2) is 14.4 Å². The van der Waals surface area contributed by atoms with Gasteiger partial charge in [-0.1, -0.05) is 12.1 Å². The molecule has 0 bridgehead atoms. The molecule has 0 aliphatic carbocycles. The van der Waals surface area contributed by atoms with Gasteiger partial charge in [-0.15, -0.1) is 11.3 Å². The van der Waals surface area contributed by atoms with E-state index in [0.717, 1.165) is 0 Å². The van der Waals surface area contributed by atoms with Crippen molar-refractivity contribution in [2.24, 2.45) is 0 Å². The number of non-ortho nitro benzene ring substituents is 1. The number of hydrogen-bond acceptors (Lipinski definition) is 6. The lowest BCUT2D eigenvalue weighted by molar-refractivity contribution is -0.384. The number of aromatic nitrogens is 3. The van der Waals surface area contributed by atoms with Crippen molar-refractivity contribution in [1.82, 2.24) is 14.5 Å². The molecule has 9 heteroatoms. The monoisotopic (exact) mass is 382 g/mol. The number of fused-ring (bicyclic) bond motifs is 1. The zero-order valence-corrected chi connectivity index (χ0v) is 14.5. The van der Waals surface area contributed by atoms with Crippen LogP contribution in [0, 0.1) is 15.9 Å². The van der Waals surface area contributed by atoms with Crippen LogP contribution in [0.1, 0.15) is 5.69 Å². The molecule has 4 aromatic rings. The minimum atomic E-state index is -0.558. The summed E-state index contributed by atoms with van der Waals surface area (Å²) >= 11 is 1.28. The van der Waals surface area contributed by atoms with Crippen molar-refractivity contribution in [1.29, 1.82) is 0 Å². The van der Waals surface area contributed by atoms with Gasteiger partial charge in [0.1, 0.15) is 10.8 Å². The standard InChI is InChI=1S/C18H11FN4O3S/c19-15-4-2-1-3-13(15)17-21-11(9-27-17)8-22-10-20-16-6-5-12(23(25)26)7-14(16)18(22)24/h1-7,9-10H,8H2. The van der Waals surface area contributed by atoms with Crippen LogP contribution in [0.4, 0.5) is 10.1 Å². The lowest BCUT2D eigenvalue weighted by Crippen LogP contribution is -2.21. The van der Waals surface area contributed by atoms with E-state index >= 15 is 0 Å². The smallest absolute Gasteiger partial charge is 0.270 e. The van der Waals surface area contributed by atoms with E-state index in [0.29, 0.717) is 21.8 Å². The van der Waals surface area contributed by atoms with Crippen LogP contribution >= 0.6 is 11.3 Å². The Hall–Kier alpha value is -3.46. The maximum absolute atomic E-state index is 13.9. The summed E-state index contributed by atoms with van der Waals surface area (Å²) in [5, 5.41) is 13.4. The molecule has 0 amide bonds. The van der Waals surface area contributed by atoms with Crippen LogP contribution in [0.2, 0.25) is 0 Å². The first-order valence-electron chi connectivity index (χ1n) is 7.86. The van der Waals surface area contributed by atoms with Gasteiger partial charge in [0.2, 0.25) is 0 Å². The first-order valence-corrected chi connectivity index (χ1v) is 8.74. The summed E-state index contributed by atoms with van der Waals surface area (Å²) in [5.41, 5.74) is 0.784. The Balaban J connectivity index is 1.70. The molecule has 2 heterocycles. The van der Waals surface area contributed by atoms with Crippen molar-refractivity contribution >= 4 is 27.9 Å². The highest BCUT2D eigenvalue weighted by atomic mass is 32.1. The van der Waals surface area contributed by atoms with E-state index < -0.39 is 10.5 Å². The number of nitro benzene ring substituents is 1. The highest BCUT2D eigenvalue weighted by Gasteiger charge is 2.13. The minimum Gasteiger partial charge on any atom is -0.293 e. The van der Waals surface area contributed by atoms with Crippen molar-refractivity contribution in [2.45, 2.75) is 6.54 Å². The Morgan fingerprint density at radius 2 is 2.04 bits per heavy atom. The number of nitrogens with zero attached hydrogens (tertiary/aromatic N) is 4. The molecule has 0 aliphatic rings. The fourth-order valence-electron chi connectivity index (χ4n) is 2.69. The molecule has 0 spiro atoms. The first kappa shape index (κ1) is 17.0. The highest BCUT2D eigenvalue weighted by Crippen LogP contribution is 2.26. The second-order valence-corrected chi connectivity index (χ2v) is 6.62. The number of nitro groups is 1. The molecule has 0 aliphatic heterocycles. The normalized spacial score (nSPS) is 11.0. The average molecular weight is 382 g/mol. The average Bonchev–Trinajstić information content (AvgIpc) is 3.12. The van der Waals surface area contributed by atoms with E-state index in [1.54, 1.807) is 23.6 Å². The van der Waals surface area contributed by atoms with Gasteiger partial charge in [0.15, 0.2) is 0 Å². The van der Waals surface area contributed by atoms with Crippen LogP contribution in [-0.2, 0) is 6.54 Å². The molecule has 27 heavy (non-hydrogen) atoms. The second-order valence-electron chi connectivity index (χ2n) is 5.76. The molecule has 134 valence electrons. The predicted molar refractivity (Wildman–Crippen MR) is 99.3 cm³/mol. The zero-order chi connectivity index (χ0) is 19.0. The third-order valence-electron chi connectivity index (χ3n) is 4.01. The molecule has 7 nitrogen and oxygen atoms in total. The van der Waals surface area contributed by atoms with Crippen LogP contribution in [0.5, 0.6) is 0 Å². The number of thiazole rings is 1. The van der Waals surface area contributed by atoms with Crippen LogP contribution in [0.3, 0.4) is 0 Å². The number of hydrogen-bond donors (Lipinski definition) is 0. The first-order chi connectivity index (χ1) is 13.0. The third-order valence-corrected chi connectivity index (χ3v) is 4.93. The van der Waals surface area contributed by atoms with Gasteiger partial charge < -0.3 is 0 Å². The van der Waals surface area contributed by atoms with Crippen molar-refractivity contribution in [2.75, 3.05) is 0 Å². The van der Waals surface area contributed by atoms with Crippen molar-refractivity contribution in [3.8, 4) is 10.6 Å². The summed E-state index contributed by atoms with van der Waals surface area (Å²) in [6.07, 6.45) is 1.37. The molecule has 2 aromatic carbocycles. The molecule has 2 aromatic heterocycles. The van der Waals surface area contributed by atoms with Gasteiger partial charge in [-0.2, -0.15) is 0 Å². The van der Waals surface area contributed by atoms with Crippen molar-refractivity contribution in [3.63, 3.8) is 0 Å². The van der Waals surface area contributed by atoms with Crippen molar-refractivity contribution < 1.29 is 9.31 Å². The van der Waals surface area contributed by atoms with Gasteiger partial charge in [0.25, 0.3) is 11.2 Å². The number of rotatable bonds is 4. The lowest BCUT2D eigenvalue weighted by atomic mass is 10.2. The van der Waals surface area contributed by atoms with Gasteiger partial charge in [-0.3, -0.25) is 19.5 Å². The number of halogens is 1. The summed E-state index contributed by atoms with van der Waals surface area (Å²) in [5.74, 6) is -0.366. The topological polar surface area (TPSA) is 90.9 Å². The third kappa shape index (κ3) is 3.20. The van der Waals surface area contributed by atoms with E-state index in [4.69, 9.17) is 0 Å². The molecule has 0 fully saturated rings. The molecule has 0 radical (unpaired) electrons. The van der Waals surface area contributed by atoms with Crippen molar-refractivity contribution in [3.05, 3.63) is 86.2 Å². The highest BCUT2D eigenvalue weighted by molar-refractivity contribution is 7.13. The van der Waals surface area contributed by atoms with E-state index in [9.17, 15) is 19.3 Å². The molecule has 0 N–H and O–H groups in total. The second kappa shape index (κ2) is 6.69. The zero-order valence-electron chi connectivity index (χ0n) is 13.7. The minimum absolute atomic E-state index is 0.134. The number of benzene rings is 2. The molecular weight excluding hydrogens is 371 g/mol. The quantitative estimate of drug-likeness (QED) is 0.397. The van der Waals surface area contributed by atoms with Gasteiger partial charge >= 0.3 is 0 Å². The van der Waals surface area contributed by atoms with Gasteiger partial charge in [0.05, 0.1) is 34.4 Å². The molecular formula is C18H11FN4O3S. The largest absolute Gasteiger partial charge is 0.293 e. The fourth-order valence-corrected chi connectivity index (χ4v) is 3.52. The molecule has 4 rings (SSSR count). The molecule has 0 atom stereocenters. The van der Waals surface area contributed by atoms with Gasteiger partial charge in [-0.05, 0) is 18.2 Å². The Kier molecular flexibility index (Phi) is 4.21. The molecule has 0 unspecified atom stereocenters. The summed E-state index contributed by atoms with van der Waals surface area (Å²) in [6.45, 7) is 0.134. The summed E-state index contributed by atoms with van der Waals surface area (Å²) in [6, 6.07) is 10.3. The summed E-state index contributed by atoms with van der Waals surface area (Å²) < 4.78 is 15.2. The molecule has 0 saturated carbocycles. The van der Waals surface area contributed by atoms with Gasteiger partial charge in [0, 0.05) is 23.1 Å². The summed E-state index contributed by atoms with van der Waals surface area (Å²) in [4.78, 5) is 31.6. The summed E-state index contributed by atoms with van der Waals surface area (Å²) in [7, 11) is 0. The van der Waals surface area contributed by atoms with E-state index in [1.165, 1.54) is 46.5 Å². The maximum Gasteiger partial charge on any atom is 0.270 e. The Labute approximate surface area is 155 Å². The Morgan fingerprint density at radius 3 is 2.81 bits per heavy atom. The SMILES string of the molecule is O=c1c2cc([N+](=O)[O-])ccc2ncn1Cc1csc(-c2ccccc2F)n1. The van der Waals surface area contributed by atoms with E-state index in [1.807, 2.05) is 0 Å². The van der Waals surface area contributed by atoms with Crippen LogP contribution in [0.15, 0.2) is 59.0 Å². The van der Waals surface area contributed by atoms with Crippen LogP contribution < -0.4 is 5.56 Å². The van der Waals surface area contributed by atoms with E-state index in [2.05, 4.69) is 9.97 Å². The predicted octanol–water partition coefficient (Wildman–Crippen LogP) is 3.62. The molecule has 0 saturated heterocycles. The Bertz CT molecular complexity index is 1230.